The predicted molar refractivity (Wildman–Crippen MR) is 56.6 cm³/mol. The van der Waals surface area contributed by atoms with Gasteiger partial charge in [0, 0.05) is 12.6 Å². The topological polar surface area (TPSA) is 64.7 Å². The highest BCUT2D eigenvalue weighted by Gasteiger charge is 2.33. The van der Waals surface area contributed by atoms with Crippen LogP contribution in [-0.2, 0) is 9.47 Å². The molecule has 4 nitrogen and oxygen atoms in total. The van der Waals surface area contributed by atoms with E-state index in [1.165, 1.54) is 0 Å². The largest absolute Gasteiger partial charge is 0.387 e. The minimum absolute atomic E-state index is 0.185. The predicted octanol–water partition coefficient (Wildman–Crippen LogP) is 0.424. The Hall–Kier alpha value is -0.160. The Labute approximate surface area is 90.7 Å². The van der Waals surface area contributed by atoms with E-state index in [9.17, 15) is 5.11 Å². The van der Waals surface area contributed by atoms with Gasteiger partial charge >= 0.3 is 0 Å². The van der Waals surface area contributed by atoms with Gasteiger partial charge in [-0.25, -0.2) is 0 Å². The van der Waals surface area contributed by atoms with E-state index in [1.807, 2.05) is 0 Å². The molecule has 3 N–H and O–H groups in total. The SMILES string of the molecule is N[C@H]1CC[C@@](O)(CO[C@H]2CCOC2)CC1. The molecule has 4 heteroatoms. The van der Waals surface area contributed by atoms with Crippen molar-refractivity contribution in [3.63, 3.8) is 0 Å². The summed E-state index contributed by atoms with van der Waals surface area (Å²) in [5.74, 6) is 0. The standard InChI is InChI=1S/C11H21NO3/c12-9-1-4-11(13,5-2-9)8-15-10-3-6-14-7-10/h9-10,13H,1-8,12H2/t9-,10-,11-/m0/s1. The third-order valence-electron chi connectivity index (χ3n) is 3.44. The van der Waals surface area contributed by atoms with Crippen LogP contribution in [0.1, 0.15) is 32.1 Å². The summed E-state index contributed by atoms with van der Waals surface area (Å²) in [6.07, 6.45) is 4.48. The Morgan fingerprint density at radius 1 is 1.33 bits per heavy atom. The van der Waals surface area contributed by atoms with Crippen LogP contribution in [0.5, 0.6) is 0 Å². The highest BCUT2D eigenvalue weighted by Crippen LogP contribution is 2.28. The summed E-state index contributed by atoms with van der Waals surface area (Å²) >= 11 is 0. The van der Waals surface area contributed by atoms with Gasteiger partial charge in [-0.1, -0.05) is 0 Å². The van der Waals surface area contributed by atoms with Crippen molar-refractivity contribution < 1.29 is 14.6 Å². The first-order chi connectivity index (χ1) is 7.18. The van der Waals surface area contributed by atoms with Gasteiger partial charge in [0.05, 0.1) is 24.9 Å². The Kier molecular flexibility index (Phi) is 3.61. The summed E-state index contributed by atoms with van der Waals surface area (Å²) in [5.41, 5.74) is 5.16. The lowest BCUT2D eigenvalue weighted by molar-refractivity contribution is -0.0923. The van der Waals surface area contributed by atoms with Gasteiger partial charge in [0.2, 0.25) is 0 Å². The van der Waals surface area contributed by atoms with E-state index in [-0.39, 0.29) is 12.1 Å². The van der Waals surface area contributed by atoms with Crippen molar-refractivity contribution >= 4 is 0 Å². The van der Waals surface area contributed by atoms with E-state index in [1.54, 1.807) is 0 Å². The van der Waals surface area contributed by atoms with Crippen molar-refractivity contribution in [2.24, 2.45) is 5.73 Å². The molecular weight excluding hydrogens is 194 g/mol. The van der Waals surface area contributed by atoms with Gasteiger partial charge in [-0.15, -0.1) is 0 Å². The van der Waals surface area contributed by atoms with E-state index >= 15 is 0 Å². The van der Waals surface area contributed by atoms with Crippen molar-refractivity contribution in [2.45, 2.75) is 49.9 Å². The van der Waals surface area contributed by atoms with E-state index in [0.717, 1.165) is 38.7 Å². The van der Waals surface area contributed by atoms with Crippen molar-refractivity contribution in [1.29, 1.82) is 0 Å². The third-order valence-corrected chi connectivity index (χ3v) is 3.44. The monoisotopic (exact) mass is 215 g/mol. The molecule has 0 aromatic heterocycles. The fourth-order valence-electron chi connectivity index (χ4n) is 2.24. The van der Waals surface area contributed by atoms with Crippen LogP contribution in [-0.4, -0.2) is 42.7 Å². The molecule has 0 spiro atoms. The van der Waals surface area contributed by atoms with Gasteiger partial charge in [-0.2, -0.15) is 0 Å². The lowest BCUT2D eigenvalue weighted by atomic mass is 9.83. The molecule has 0 amide bonds. The fraction of sp³-hybridized carbons (Fsp3) is 1.00. The van der Waals surface area contributed by atoms with Crippen molar-refractivity contribution in [1.82, 2.24) is 0 Å². The summed E-state index contributed by atoms with van der Waals surface area (Å²) in [5, 5.41) is 10.2. The minimum atomic E-state index is -0.640. The Bertz CT molecular complexity index is 196. The van der Waals surface area contributed by atoms with Crippen LogP contribution in [0.15, 0.2) is 0 Å². The smallest absolute Gasteiger partial charge is 0.0881 e. The molecule has 1 atom stereocenters. The van der Waals surface area contributed by atoms with Crippen molar-refractivity contribution in [3.05, 3.63) is 0 Å². The summed E-state index contributed by atoms with van der Waals surface area (Å²) in [6.45, 7) is 1.90. The third kappa shape index (κ3) is 3.14. The normalized spacial score (nSPS) is 42.0. The minimum Gasteiger partial charge on any atom is -0.387 e. The zero-order valence-corrected chi connectivity index (χ0v) is 9.15. The van der Waals surface area contributed by atoms with Gasteiger partial charge in [0.1, 0.15) is 0 Å². The molecule has 1 heterocycles. The molecule has 2 fully saturated rings. The molecule has 1 saturated heterocycles. The van der Waals surface area contributed by atoms with Crippen LogP contribution >= 0.6 is 0 Å². The quantitative estimate of drug-likeness (QED) is 0.716. The molecule has 88 valence electrons. The summed E-state index contributed by atoms with van der Waals surface area (Å²) in [4.78, 5) is 0. The van der Waals surface area contributed by atoms with Crippen LogP contribution in [0.4, 0.5) is 0 Å². The number of rotatable bonds is 3. The molecule has 0 bridgehead atoms. The molecule has 2 rings (SSSR count). The number of nitrogens with two attached hydrogens (primary N) is 1. The zero-order chi connectivity index (χ0) is 10.7. The van der Waals surface area contributed by atoms with E-state index in [0.29, 0.717) is 13.2 Å². The second-order valence-corrected chi connectivity index (χ2v) is 4.86. The Morgan fingerprint density at radius 2 is 2.07 bits per heavy atom. The van der Waals surface area contributed by atoms with E-state index in [4.69, 9.17) is 15.2 Å². The fourth-order valence-corrected chi connectivity index (χ4v) is 2.24. The lowest BCUT2D eigenvalue weighted by Gasteiger charge is -2.35. The van der Waals surface area contributed by atoms with E-state index in [2.05, 4.69) is 0 Å². The second kappa shape index (κ2) is 4.78. The van der Waals surface area contributed by atoms with Gasteiger partial charge in [0.25, 0.3) is 0 Å². The Balaban J connectivity index is 1.72. The molecule has 0 aromatic carbocycles. The maximum Gasteiger partial charge on any atom is 0.0881 e. The molecule has 1 aliphatic heterocycles. The van der Waals surface area contributed by atoms with Gasteiger partial charge < -0.3 is 20.3 Å². The average molecular weight is 215 g/mol. The highest BCUT2D eigenvalue weighted by molar-refractivity contribution is 4.87. The van der Waals surface area contributed by atoms with Crippen molar-refractivity contribution in [3.8, 4) is 0 Å². The highest BCUT2D eigenvalue weighted by atomic mass is 16.5. The maximum atomic E-state index is 10.2. The number of ether oxygens (including phenoxy) is 2. The Morgan fingerprint density at radius 3 is 2.67 bits per heavy atom. The molecule has 0 unspecified atom stereocenters. The number of aliphatic hydroxyl groups is 1. The number of hydrogen-bond acceptors (Lipinski definition) is 4. The van der Waals surface area contributed by atoms with E-state index < -0.39 is 5.60 Å². The molecular formula is C11H21NO3. The summed E-state index contributed by atoms with van der Waals surface area (Å²) in [7, 11) is 0. The first-order valence-electron chi connectivity index (χ1n) is 5.85. The molecule has 2 aliphatic rings. The van der Waals surface area contributed by atoms with Crippen LogP contribution in [0.25, 0.3) is 0 Å². The molecule has 15 heavy (non-hydrogen) atoms. The van der Waals surface area contributed by atoms with Crippen LogP contribution in [0.3, 0.4) is 0 Å². The molecule has 1 saturated carbocycles. The molecule has 1 aliphatic carbocycles. The van der Waals surface area contributed by atoms with Gasteiger partial charge in [-0.05, 0) is 32.1 Å². The van der Waals surface area contributed by atoms with Gasteiger partial charge in [0.15, 0.2) is 0 Å². The van der Waals surface area contributed by atoms with Crippen LogP contribution < -0.4 is 5.73 Å². The van der Waals surface area contributed by atoms with Crippen molar-refractivity contribution in [2.75, 3.05) is 19.8 Å². The van der Waals surface area contributed by atoms with Crippen LogP contribution in [0.2, 0.25) is 0 Å². The summed E-state index contributed by atoms with van der Waals surface area (Å²) < 4.78 is 10.9. The second-order valence-electron chi connectivity index (χ2n) is 4.86. The first kappa shape index (κ1) is 11.3. The van der Waals surface area contributed by atoms with Gasteiger partial charge in [-0.3, -0.25) is 0 Å². The number of hydrogen-bond donors (Lipinski definition) is 2. The lowest BCUT2D eigenvalue weighted by Crippen LogP contribution is -2.43. The molecule has 0 aromatic rings. The average Bonchev–Trinajstić information content (AvgIpc) is 2.73. The molecule has 0 radical (unpaired) electrons. The first-order valence-corrected chi connectivity index (χ1v) is 5.85. The maximum absolute atomic E-state index is 10.2. The summed E-state index contributed by atoms with van der Waals surface area (Å²) in [6, 6.07) is 0.264. The zero-order valence-electron chi connectivity index (χ0n) is 9.15. The van der Waals surface area contributed by atoms with Crippen LogP contribution in [0, 0.1) is 0 Å².